The fourth-order valence-electron chi connectivity index (χ4n) is 2.61. The van der Waals surface area contributed by atoms with E-state index in [-0.39, 0.29) is 17.4 Å². The first kappa shape index (κ1) is 14.1. The Kier molecular flexibility index (Phi) is 3.68. The van der Waals surface area contributed by atoms with E-state index in [0.717, 1.165) is 24.0 Å². The van der Waals surface area contributed by atoms with Gasteiger partial charge in [-0.2, -0.15) is 0 Å². The van der Waals surface area contributed by atoms with Gasteiger partial charge < -0.3 is 5.32 Å². The molecular weight excluding hydrogens is 284 g/mol. The van der Waals surface area contributed by atoms with Gasteiger partial charge in [-0.15, -0.1) is 0 Å². The van der Waals surface area contributed by atoms with E-state index < -0.39 is 0 Å². The molecule has 1 heterocycles. The van der Waals surface area contributed by atoms with Crippen LogP contribution in [0.15, 0.2) is 48.8 Å². The van der Waals surface area contributed by atoms with Gasteiger partial charge in [0.2, 0.25) is 5.91 Å². The maximum absolute atomic E-state index is 12.6. The van der Waals surface area contributed by atoms with Crippen LogP contribution >= 0.6 is 11.6 Å². The van der Waals surface area contributed by atoms with Gasteiger partial charge in [-0.25, -0.2) is 0 Å². The zero-order chi connectivity index (χ0) is 14.9. The monoisotopic (exact) mass is 300 g/mol. The summed E-state index contributed by atoms with van der Waals surface area (Å²) in [7, 11) is 0. The molecule has 3 rings (SSSR count). The molecule has 1 aliphatic carbocycles. The molecule has 1 fully saturated rings. The fraction of sp³-hybridized carbons (Fsp3) is 0.294. The third kappa shape index (κ3) is 2.79. The van der Waals surface area contributed by atoms with Crippen LogP contribution < -0.4 is 5.32 Å². The van der Waals surface area contributed by atoms with Crippen molar-refractivity contribution in [1.29, 1.82) is 0 Å². The summed E-state index contributed by atoms with van der Waals surface area (Å²) in [5, 5.41) is 3.81. The van der Waals surface area contributed by atoms with E-state index in [0.29, 0.717) is 5.02 Å². The van der Waals surface area contributed by atoms with Crippen molar-refractivity contribution in [3.63, 3.8) is 0 Å². The Morgan fingerprint density at radius 3 is 2.38 bits per heavy atom. The van der Waals surface area contributed by atoms with Crippen molar-refractivity contribution in [2.75, 3.05) is 0 Å². The highest BCUT2D eigenvalue weighted by Crippen LogP contribution is 2.48. The highest BCUT2D eigenvalue weighted by molar-refractivity contribution is 6.30. The standard InChI is InChI=1S/C17H17ClN2O/c1-12(13-6-10-19-11-7-13)20-16(21)17(8-9-17)14-2-4-15(18)5-3-14/h2-7,10-12H,8-9H2,1H3,(H,20,21). The number of rotatable bonds is 4. The maximum atomic E-state index is 12.6. The summed E-state index contributed by atoms with van der Waals surface area (Å²) in [6, 6.07) is 11.4. The number of aromatic nitrogens is 1. The summed E-state index contributed by atoms with van der Waals surface area (Å²) in [6.45, 7) is 1.99. The number of amides is 1. The van der Waals surface area contributed by atoms with Gasteiger partial charge in [-0.05, 0) is 55.2 Å². The second kappa shape index (κ2) is 5.49. The Bertz CT molecular complexity index is 636. The lowest BCUT2D eigenvalue weighted by Crippen LogP contribution is -2.36. The van der Waals surface area contributed by atoms with Gasteiger partial charge >= 0.3 is 0 Å². The SMILES string of the molecule is CC(NC(=O)C1(c2ccc(Cl)cc2)CC1)c1ccncc1. The summed E-state index contributed by atoms with van der Waals surface area (Å²) in [4.78, 5) is 16.6. The van der Waals surface area contributed by atoms with E-state index in [4.69, 9.17) is 11.6 Å². The van der Waals surface area contributed by atoms with Crippen LogP contribution in [0.4, 0.5) is 0 Å². The molecule has 1 atom stereocenters. The number of carbonyl (C=O) groups is 1. The van der Waals surface area contributed by atoms with Gasteiger partial charge in [0.05, 0.1) is 11.5 Å². The molecule has 3 nitrogen and oxygen atoms in total. The molecule has 1 amide bonds. The molecule has 0 aliphatic heterocycles. The van der Waals surface area contributed by atoms with Gasteiger partial charge in [0, 0.05) is 17.4 Å². The van der Waals surface area contributed by atoms with Crippen LogP contribution in [-0.2, 0) is 10.2 Å². The van der Waals surface area contributed by atoms with Crippen molar-refractivity contribution >= 4 is 17.5 Å². The van der Waals surface area contributed by atoms with Gasteiger partial charge in [-0.1, -0.05) is 23.7 Å². The predicted molar refractivity (Wildman–Crippen MR) is 83.2 cm³/mol. The highest BCUT2D eigenvalue weighted by Gasteiger charge is 2.51. The summed E-state index contributed by atoms with van der Waals surface area (Å²) < 4.78 is 0. The average molecular weight is 301 g/mol. The van der Waals surface area contributed by atoms with Crippen molar-refractivity contribution in [3.8, 4) is 0 Å². The van der Waals surface area contributed by atoms with Gasteiger partial charge in [-0.3, -0.25) is 9.78 Å². The second-order valence-corrected chi connectivity index (χ2v) is 6.00. The first-order chi connectivity index (χ1) is 10.1. The fourth-order valence-corrected chi connectivity index (χ4v) is 2.74. The first-order valence-electron chi connectivity index (χ1n) is 7.09. The minimum atomic E-state index is -0.369. The lowest BCUT2D eigenvalue weighted by atomic mass is 9.94. The molecular formula is C17H17ClN2O. The van der Waals surface area contributed by atoms with Crippen LogP contribution in [0.25, 0.3) is 0 Å². The number of halogens is 1. The van der Waals surface area contributed by atoms with Gasteiger partial charge in [0.25, 0.3) is 0 Å². The normalized spacial score (nSPS) is 17.0. The number of nitrogens with one attached hydrogen (secondary N) is 1. The molecule has 108 valence electrons. The number of benzene rings is 1. The molecule has 1 aliphatic rings. The lowest BCUT2D eigenvalue weighted by molar-refractivity contribution is -0.124. The van der Waals surface area contributed by atoms with Crippen molar-refractivity contribution in [3.05, 3.63) is 64.9 Å². The Morgan fingerprint density at radius 1 is 1.19 bits per heavy atom. The third-order valence-electron chi connectivity index (χ3n) is 4.14. The Morgan fingerprint density at radius 2 is 1.81 bits per heavy atom. The number of hydrogen-bond donors (Lipinski definition) is 1. The van der Waals surface area contributed by atoms with Crippen molar-refractivity contribution in [2.24, 2.45) is 0 Å². The quantitative estimate of drug-likeness (QED) is 0.936. The van der Waals surface area contributed by atoms with Crippen LogP contribution in [-0.4, -0.2) is 10.9 Å². The zero-order valence-corrected chi connectivity index (χ0v) is 12.6. The third-order valence-corrected chi connectivity index (χ3v) is 4.39. The van der Waals surface area contributed by atoms with Crippen LogP contribution in [0.3, 0.4) is 0 Å². The number of hydrogen-bond acceptors (Lipinski definition) is 2. The molecule has 1 unspecified atom stereocenters. The maximum Gasteiger partial charge on any atom is 0.231 e. The van der Waals surface area contributed by atoms with E-state index in [9.17, 15) is 4.79 Å². The molecule has 0 spiro atoms. The van der Waals surface area contributed by atoms with Crippen LogP contribution in [0.5, 0.6) is 0 Å². The summed E-state index contributed by atoms with van der Waals surface area (Å²) in [5.74, 6) is 0.0918. The van der Waals surface area contributed by atoms with E-state index in [1.54, 1.807) is 12.4 Å². The molecule has 1 N–H and O–H groups in total. The average Bonchev–Trinajstić information content (AvgIpc) is 3.30. The van der Waals surface area contributed by atoms with Crippen LogP contribution in [0.1, 0.15) is 36.9 Å². The lowest BCUT2D eigenvalue weighted by Gasteiger charge is -2.20. The van der Waals surface area contributed by atoms with Crippen molar-refractivity contribution < 1.29 is 4.79 Å². The molecule has 2 aromatic rings. The molecule has 0 bridgehead atoms. The Labute approximate surface area is 129 Å². The number of nitrogens with zero attached hydrogens (tertiary/aromatic N) is 1. The minimum absolute atomic E-state index is 0.0229. The van der Waals surface area contributed by atoms with Crippen LogP contribution in [0, 0.1) is 0 Å². The zero-order valence-electron chi connectivity index (χ0n) is 11.8. The molecule has 0 saturated heterocycles. The molecule has 1 aromatic carbocycles. The second-order valence-electron chi connectivity index (χ2n) is 5.56. The van der Waals surface area contributed by atoms with Crippen LogP contribution in [0.2, 0.25) is 5.02 Å². The first-order valence-corrected chi connectivity index (χ1v) is 7.46. The summed E-state index contributed by atoms with van der Waals surface area (Å²) >= 11 is 5.92. The topological polar surface area (TPSA) is 42.0 Å². The largest absolute Gasteiger partial charge is 0.349 e. The van der Waals surface area contributed by atoms with Crippen molar-refractivity contribution in [2.45, 2.75) is 31.2 Å². The summed E-state index contributed by atoms with van der Waals surface area (Å²) in [5.41, 5.74) is 1.74. The Balaban J connectivity index is 1.75. The molecule has 21 heavy (non-hydrogen) atoms. The molecule has 1 saturated carbocycles. The van der Waals surface area contributed by atoms with Gasteiger partial charge in [0.1, 0.15) is 0 Å². The predicted octanol–water partition coefficient (Wildman–Crippen LogP) is 3.64. The summed E-state index contributed by atoms with van der Waals surface area (Å²) in [6.07, 6.45) is 5.27. The number of pyridine rings is 1. The van der Waals surface area contributed by atoms with E-state index in [2.05, 4.69) is 10.3 Å². The van der Waals surface area contributed by atoms with Crippen molar-refractivity contribution in [1.82, 2.24) is 10.3 Å². The smallest absolute Gasteiger partial charge is 0.231 e. The molecule has 1 aromatic heterocycles. The minimum Gasteiger partial charge on any atom is -0.349 e. The van der Waals surface area contributed by atoms with E-state index in [1.165, 1.54) is 0 Å². The van der Waals surface area contributed by atoms with E-state index >= 15 is 0 Å². The van der Waals surface area contributed by atoms with Gasteiger partial charge in [0.15, 0.2) is 0 Å². The number of carbonyl (C=O) groups excluding carboxylic acids is 1. The molecule has 0 radical (unpaired) electrons. The van der Waals surface area contributed by atoms with E-state index in [1.807, 2.05) is 43.3 Å². The molecule has 4 heteroatoms. The highest BCUT2D eigenvalue weighted by atomic mass is 35.5. The Hall–Kier alpha value is -1.87.